The van der Waals surface area contributed by atoms with Crippen LogP contribution in [0.5, 0.6) is 11.5 Å². The van der Waals surface area contributed by atoms with E-state index < -0.39 is 5.97 Å². The third kappa shape index (κ3) is 4.93. The third-order valence-corrected chi connectivity index (χ3v) is 5.26. The van der Waals surface area contributed by atoms with Gasteiger partial charge in [-0.1, -0.05) is 24.3 Å². The summed E-state index contributed by atoms with van der Waals surface area (Å²) in [4.78, 5) is 16.6. The number of carbonyl (C=O) groups excluding carboxylic acids is 1. The van der Waals surface area contributed by atoms with Gasteiger partial charge in [0, 0.05) is 14.7 Å². The molecule has 0 bridgehead atoms. The summed E-state index contributed by atoms with van der Waals surface area (Å²) in [7, 11) is 1.51. The van der Waals surface area contributed by atoms with Crippen LogP contribution in [0.25, 0.3) is 6.08 Å². The molecule has 0 unspecified atom stereocenters. The lowest BCUT2D eigenvalue weighted by molar-refractivity contribution is -0.129. The Morgan fingerprint density at radius 2 is 1.84 bits per heavy atom. The van der Waals surface area contributed by atoms with E-state index in [1.807, 2.05) is 24.3 Å². The second kappa shape index (κ2) is 9.30. The van der Waals surface area contributed by atoms with Crippen molar-refractivity contribution in [3.8, 4) is 11.5 Å². The van der Waals surface area contributed by atoms with Crippen LogP contribution in [-0.2, 0) is 16.1 Å². The summed E-state index contributed by atoms with van der Waals surface area (Å²) in [6, 6.07) is 19.1. The number of ether oxygens (including phenoxy) is 3. The molecule has 0 radical (unpaired) electrons. The van der Waals surface area contributed by atoms with Gasteiger partial charge in [-0.15, -0.1) is 0 Å². The number of hydrogen-bond donors (Lipinski definition) is 0. The predicted octanol–water partition coefficient (Wildman–Crippen LogP) is 5.36. The van der Waals surface area contributed by atoms with E-state index in [9.17, 15) is 9.18 Å². The van der Waals surface area contributed by atoms with Gasteiger partial charge in [0.1, 0.15) is 12.4 Å². The Kier molecular flexibility index (Phi) is 6.31. The fourth-order valence-corrected chi connectivity index (χ4v) is 3.31. The highest BCUT2D eigenvalue weighted by Crippen LogP contribution is 2.30. The van der Waals surface area contributed by atoms with Gasteiger partial charge in [0.15, 0.2) is 17.2 Å². The fraction of sp³-hybridized carbons (Fsp3) is 0.0833. The van der Waals surface area contributed by atoms with Crippen LogP contribution in [0.4, 0.5) is 4.39 Å². The minimum atomic E-state index is -0.521. The highest BCUT2D eigenvalue weighted by atomic mass is 127. The van der Waals surface area contributed by atoms with Gasteiger partial charge >= 0.3 is 5.97 Å². The zero-order valence-corrected chi connectivity index (χ0v) is 18.6. The summed E-state index contributed by atoms with van der Waals surface area (Å²) in [5.41, 5.74) is 2.05. The minimum Gasteiger partial charge on any atom is -0.493 e. The average Bonchev–Trinajstić information content (AvgIpc) is 3.14. The van der Waals surface area contributed by atoms with E-state index in [1.54, 1.807) is 42.5 Å². The van der Waals surface area contributed by atoms with Crippen molar-refractivity contribution < 1.29 is 23.4 Å². The first kappa shape index (κ1) is 21.0. The molecule has 0 N–H and O–H groups in total. The molecule has 3 aromatic rings. The Bertz CT molecular complexity index is 1190. The molecule has 1 heterocycles. The van der Waals surface area contributed by atoms with Gasteiger partial charge in [-0.25, -0.2) is 14.2 Å². The molecule has 0 spiro atoms. The van der Waals surface area contributed by atoms with Crippen molar-refractivity contribution in [2.45, 2.75) is 6.61 Å². The standard InChI is InChI=1S/C24H17FINO4/c1-29-22-13-15(6-11-21(22)30-14-17-4-2-3-5-19(17)25)12-20-24(28)31-23(27-20)16-7-9-18(26)10-8-16/h2-13H,14H2,1H3/b20-12-. The number of carbonyl (C=O) groups is 1. The molecule has 1 aliphatic heterocycles. The monoisotopic (exact) mass is 529 g/mol. The summed E-state index contributed by atoms with van der Waals surface area (Å²) in [5.74, 6) is 0.338. The van der Waals surface area contributed by atoms with Crippen LogP contribution in [0.1, 0.15) is 16.7 Å². The van der Waals surface area contributed by atoms with Crippen LogP contribution in [0.2, 0.25) is 0 Å². The van der Waals surface area contributed by atoms with Crippen LogP contribution in [0, 0.1) is 9.39 Å². The molecular formula is C24H17FINO4. The molecule has 156 valence electrons. The van der Waals surface area contributed by atoms with Gasteiger partial charge in [-0.05, 0) is 76.7 Å². The maximum absolute atomic E-state index is 13.8. The van der Waals surface area contributed by atoms with Crippen LogP contribution in [-0.4, -0.2) is 19.0 Å². The first-order valence-electron chi connectivity index (χ1n) is 9.36. The molecule has 1 aliphatic rings. The van der Waals surface area contributed by atoms with Crippen molar-refractivity contribution in [1.29, 1.82) is 0 Å². The Hall–Kier alpha value is -3.20. The Morgan fingerprint density at radius 3 is 2.58 bits per heavy atom. The van der Waals surface area contributed by atoms with Gasteiger partial charge in [-0.3, -0.25) is 0 Å². The van der Waals surface area contributed by atoms with E-state index in [-0.39, 0.29) is 24.0 Å². The number of hydrogen-bond acceptors (Lipinski definition) is 5. The first-order valence-corrected chi connectivity index (χ1v) is 10.4. The van der Waals surface area contributed by atoms with Gasteiger partial charge < -0.3 is 14.2 Å². The molecule has 0 atom stereocenters. The van der Waals surface area contributed by atoms with E-state index in [4.69, 9.17) is 14.2 Å². The molecule has 0 aliphatic carbocycles. The number of cyclic esters (lactones) is 1. The molecule has 4 rings (SSSR count). The quantitative estimate of drug-likeness (QED) is 0.245. The van der Waals surface area contributed by atoms with Gasteiger partial charge in [0.2, 0.25) is 5.90 Å². The summed E-state index contributed by atoms with van der Waals surface area (Å²) >= 11 is 2.20. The molecule has 0 fully saturated rings. The van der Waals surface area contributed by atoms with E-state index in [1.165, 1.54) is 13.2 Å². The molecule has 3 aromatic carbocycles. The van der Waals surface area contributed by atoms with E-state index in [2.05, 4.69) is 27.6 Å². The topological polar surface area (TPSA) is 57.1 Å². The number of benzene rings is 3. The minimum absolute atomic E-state index is 0.0689. The maximum atomic E-state index is 13.8. The maximum Gasteiger partial charge on any atom is 0.363 e. The van der Waals surface area contributed by atoms with Crippen LogP contribution in [0.3, 0.4) is 0 Å². The number of aliphatic imine (C=N–C) groups is 1. The molecule has 31 heavy (non-hydrogen) atoms. The normalized spacial score (nSPS) is 14.4. The number of esters is 1. The van der Waals surface area contributed by atoms with Crippen LogP contribution >= 0.6 is 22.6 Å². The Morgan fingerprint density at radius 1 is 1.06 bits per heavy atom. The van der Waals surface area contributed by atoms with Gasteiger partial charge in [0.05, 0.1) is 7.11 Å². The Balaban J connectivity index is 1.54. The predicted molar refractivity (Wildman–Crippen MR) is 123 cm³/mol. The summed E-state index contributed by atoms with van der Waals surface area (Å²) in [5, 5.41) is 0. The second-order valence-electron chi connectivity index (χ2n) is 6.63. The largest absolute Gasteiger partial charge is 0.493 e. The molecule has 0 aromatic heterocycles. The lowest BCUT2D eigenvalue weighted by Gasteiger charge is -2.12. The van der Waals surface area contributed by atoms with Crippen molar-refractivity contribution in [3.05, 3.63) is 98.5 Å². The second-order valence-corrected chi connectivity index (χ2v) is 7.88. The van der Waals surface area contributed by atoms with Gasteiger partial charge in [-0.2, -0.15) is 0 Å². The summed E-state index contributed by atoms with van der Waals surface area (Å²) in [6.07, 6.45) is 1.62. The van der Waals surface area contributed by atoms with E-state index in [0.29, 0.717) is 22.6 Å². The summed E-state index contributed by atoms with van der Waals surface area (Å²) < 4.78 is 31.3. The number of methoxy groups -OCH3 is 1. The van der Waals surface area contributed by atoms with E-state index in [0.717, 1.165) is 9.13 Å². The van der Waals surface area contributed by atoms with Gasteiger partial charge in [0.25, 0.3) is 0 Å². The van der Waals surface area contributed by atoms with Crippen molar-refractivity contribution in [2.75, 3.05) is 7.11 Å². The summed E-state index contributed by atoms with van der Waals surface area (Å²) in [6.45, 7) is 0.0689. The fourth-order valence-electron chi connectivity index (χ4n) is 2.95. The van der Waals surface area contributed by atoms with Crippen LogP contribution < -0.4 is 9.47 Å². The molecular weight excluding hydrogens is 512 g/mol. The van der Waals surface area contributed by atoms with Crippen LogP contribution in [0.15, 0.2) is 77.4 Å². The molecule has 0 saturated heterocycles. The van der Waals surface area contributed by atoms with E-state index >= 15 is 0 Å². The lowest BCUT2D eigenvalue weighted by Crippen LogP contribution is -2.05. The van der Waals surface area contributed by atoms with Crippen molar-refractivity contribution in [1.82, 2.24) is 0 Å². The van der Waals surface area contributed by atoms with Crippen molar-refractivity contribution in [2.24, 2.45) is 4.99 Å². The molecule has 5 nitrogen and oxygen atoms in total. The zero-order chi connectivity index (χ0) is 21.8. The molecule has 0 saturated carbocycles. The highest BCUT2D eigenvalue weighted by Gasteiger charge is 2.24. The number of nitrogens with zero attached hydrogens (tertiary/aromatic N) is 1. The zero-order valence-electron chi connectivity index (χ0n) is 16.5. The average molecular weight is 529 g/mol. The Labute approximate surface area is 192 Å². The first-order chi connectivity index (χ1) is 15.0. The lowest BCUT2D eigenvalue weighted by atomic mass is 10.1. The highest BCUT2D eigenvalue weighted by molar-refractivity contribution is 14.1. The number of rotatable bonds is 6. The SMILES string of the molecule is COc1cc(/C=C2\N=C(c3ccc(I)cc3)OC2=O)ccc1OCc1ccccc1F. The smallest absolute Gasteiger partial charge is 0.363 e. The molecule has 0 amide bonds. The van der Waals surface area contributed by atoms with Crippen molar-refractivity contribution in [3.63, 3.8) is 0 Å². The molecule has 7 heteroatoms. The number of halogens is 2. The third-order valence-electron chi connectivity index (χ3n) is 4.54. The van der Waals surface area contributed by atoms with Crippen molar-refractivity contribution >= 4 is 40.5 Å².